The van der Waals surface area contributed by atoms with Crippen molar-refractivity contribution in [3.8, 4) is 0 Å². The van der Waals surface area contributed by atoms with Gasteiger partial charge < -0.3 is 20.1 Å². The SMILES string of the molecule is CC(C)=CCOCC=C(C)C.CCC(CO)(CO)CO. The van der Waals surface area contributed by atoms with E-state index in [1.165, 1.54) is 11.1 Å². The molecule has 0 aliphatic rings. The number of ether oxygens (including phenoxy) is 1. The highest BCUT2D eigenvalue weighted by Crippen LogP contribution is 2.18. The zero-order chi connectivity index (χ0) is 16.0. The predicted octanol–water partition coefficient (Wildman–Crippen LogP) is 2.30. The van der Waals surface area contributed by atoms with E-state index >= 15 is 0 Å². The Morgan fingerprint density at radius 3 is 1.35 bits per heavy atom. The van der Waals surface area contributed by atoms with Crippen LogP contribution in [-0.4, -0.2) is 48.4 Å². The van der Waals surface area contributed by atoms with Crippen molar-refractivity contribution in [1.29, 1.82) is 0 Å². The fourth-order valence-electron chi connectivity index (χ4n) is 1.00. The first-order chi connectivity index (χ1) is 9.37. The Morgan fingerprint density at radius 1 is 0.850 bits per heavy atom. The fourth-order valence-corrected chi connectivity index (χ4v) is 1.00. The predicted molar refractivity (Wildman–Crippen MR) is 83.7 cm³/mol. The first-order valence-corrected chi connectivity index (χ1v) is 7.04. The molecule has 0 unspecified atom stereocenters. The molecule has 0 amide bonds. The van der Waals surface area contributed by atoms with Gasteiger partial charge >= 0.3 is 0 Å². The Kier molecular flexibility index (Phi) is 14.4. The third-order valence-electron chi connectivity index (χ3n) is 2.98. The van der Waals surface area contributed by atoms with Gasteiger partial charge in [-0.1, -0.05) is 30.2 Å². The number of aliphatic hydroxyl groups is 3. The van der Waals surface area contributed by atoms with Crippen LogP contribution in [0.25, 0.3) is 0 Å². The van der Waals surface area contributed by atoms with E-state index in [0.717, 1.165) is 13.2 Å². The summed E-state index contributed by atoms with van der Waals surface area (Å²) in [5, 5.41) is 26.0. The molecule has 0 aromatic carbocycles. The summed E-state index contributed by atoms with van der Waals surface area (Å²) in [6.07, 6.45) is 4.76. The van der Waals surface area contributed by atoms with E-state index in [1.807, 2.05) is 6.92 Å². The molecule has 20 heavy (non-hydrogen) atoms. The molecule has 0 aliphatic heterocycles. The van der Waals surface area contributed by atoms with Crippen LogP contribution in [-0.2, 0) is 4.74 Å². The van der Waals surface area contributed by atoms with Gasteiger partial charge in [-0.25, -0.2) is 0 Å². The molecule has 0 atom stereocenters. The van der Waals surface area contributed by atoms with Crippen molar-refractivity contribution in [2.75, 3.05) is 33.0 Å². The molecule has 0 spiro atoms. The van der Waals surface area contributed by atoms with Crippen LogP contribution >= 0.6 is 0 Å². The molecule has 0 radical (unpaired) electrons. The van der Waals surface area contributed by atoms with E-state index in [4.69, 9.17) is 20.1 Å². The molecule has 0 bridgehead atoms. The minimum absolute atomic E-state index is 0.156. The summed E-state index contributed by atoms with van der Waals surface area (Å²) in [7, 11) is 0. The van der Waals surface area contributed by atoms with E-state index in [1.54, 1.807) is 0 Å². The van der Waals surface area contributed by atoms with Crippen LogP contribution < -0.4 is 0 Å². The standard InChI is InChI=1S/C10H18O.C6H14O3/c1-9(2)5-7-11-8-6-10(3)4;1-2-6(3-7,4-8)5-9/h5-6H,7-8H2,1-4H3;7-9H,2-5H2,1H3. The second-order valence-electron chi connectivity index (χ2n) is 5.43. The van der Waals surface area contributed by atoms with Gasteiger partial charge in [-0.3, -0.25) is 0 Å². The topological polar surface area (TPSA) is 69.9 Å². The van der Waals surface area contributed by atoms with E-state index in [2.05, 4.69) is 39.8 Å². The van der Waals surface area contributed by atoms with Crippen LogP contribution in [0.1, 0.15) is 41.0 Å². The van der Waals surface area contributed by atoms with Crippen molar-refractivity contribution in [2.24, 2.45) is 5.41 Å². The Balaban J connectivity index is 0. The van der Waals surface area contributed by atoms with Crippen LogP contribution in [0.2, 0.25) is 0 Å². The van der Waals surface area contributed by atoms with Crippen LogP contribution in [0.5, 0.6) is 0 Å². The van der Waals surface area contributed by atoms with Crippen LogP contribution in [0.3, 0.4) is 0 Å². The number of hydrogen-bond acceptors (Lipinski definition) is 4. The van der Waals surface area contributed by atoms with Gasteiger partial charge in [0.2, 0.25) is 0 Å². The van der Waals surface area contributed by atoms with Crippen molar-refractivity contribution in [3.05, 3.63) is 23.3 Å². The highest BCUT2D eigenvalue weighted by Gasteiger charge is 2.24. The van der Waals surface area contributed by atoms with E-state index in [-0.39, 0.29) is 19.8 Å². The quantitative estimate of drug-likeness (QED) is 0.473. The van der Waals surface area contributed by atoms with E-state index < -0.39 is 5.41 Å². The first-order valence-electron chi connectivity index (χ1n) is 7.04. The van der Waals surface area contributed by atoms with Gasteiger partial charge in [-0.2, -0.15) is 0 Å². The molecule has 0 heterocycles. The molecule has 0 fully saturated rings. The lowest BCUT2D eigenvalue weighted by Gasteiger charge is -2.24. The van der Waals surface area contributed by atoms with Crippen molar-refractivity contribution < 1.29 is 20.1 Å². The van der Waals surface area contributed by atoms with Gasteiger partial charge in [0.05, 0.1) is 33.0 Å². The van der Waals surface area contributed by atoms with E-state index in [9.17, 15) is 0 Å². The summed E-state index contributed by atoms with van der Waals surface area (Å²) < 4.78 is 5.30. The van der Waals surface area contributed by atoms with Gasteiger partial charge in [-0.05, 0) is 34.1 Å². The molecular weight excluding hydrogens is 256 g/mol. The zero-order valence-corrected chi connectivity index (χ0v) is 13.6. The lowest BCUT2D eigenvalue weighted by Crippen LogP contribution is -2.32. The molecule has 0 aromatic heterocycles. The lowest BCUT2D eigenvalue weighted by atomic mass is 9.88. The first kappa shape index (κ1) is 21.6. The summed E-state index contributed by atoms with van der Waals surface area (Å²) in [6, 6.07) is 0. The second kappa shape index (κ2) is 13.3. The van der Waals surface area contributed by atoms with Crippen molar-refractivity contribution in [3.63, 3.8) is 0 Å². The van der Waals surface area contributed by atoms with Crippen molar-refractivity contribution in [1.82, 2.24) is 0 Å². The molecule has 0 rings (SSSR count). The number of rotatable bonds is 8. The molecule has 0 saturated carbocycles. The third-order valence-corrected chi connectivity index (χ3v) is 2.98. The van der Waals surface area contributed by atoms with Crippen LogP contribution in [0, 0.1) is 5.41 Å². The van der Waals surface area contributed by atoms with Crippen molar-refractivity contribution in [2.45, 2.75) is 41.0 Å². The molecule has 4 nitrogen and oxygen atoms in total. The normalized spacial score (nSPS) is 10.4. The van der Waals surface area contributed by atoms with Gasteiger partial charge in [0.1, 0.15) is 0 Å². The third kappa shape index (κ3) is 12.4. The number of allylic oxidation sites excluding steroid dienone is 2. The van der Waals surface area contributed by atoms with Gasteiger partial charge in [0.25, 0.3) is 0 Å². The average molecular weight is 288 g/mol. The summed E-state index contributed by atoms with van der Waals surface area (Å²) in [5.41, 5.74) is 1.95. The molecule has 120 valence electrons. The second-order valence-corrected chi connectivity index (χ2v) is 5.43. The monoisotopic (exact) mass is 288 g/mol. The van der Waals surface area contributed by atoms with E-state index in [0.29, 0.717) is 6.42 Å². The molecule has 0 aromatic rings. The molecular formula is C16H32O4. The summed E-state index contributed by atoms with van der Waals surface area (Å²) >= 11 is 0. The molecule has 3 N–H and O–H groups in total. The largest absolute Gasteiger partial charge is 0.396 e. The maximum absolute atomic E-state index is 8.66. The smallest absolute Gasteiger partial charge is 0.0654 e. The molecule has 0 saturated heterocycles. The van der Waals surface area contributed by atoms with Crippen LogP contribution in [0.4, 0.5) is 0 Å². The van der Waals surface area contributed by atoms with Gasteiger partial charge in [0.15, 0.2) is 0 Å². The molecule has 0 aliphatic carbocycles. The Hall–Kier alpha value is -0.680. The number of hydrogen-bond donors (Lipinski definition) is 3. The van der Waals surface area contributed by atoms with Gasteiger partial charge in [-0.15, -0.1) is 0 Å². The minimum atomic E-state index is -0.667. The number of aliphatic hydroxyl groups excluding tert-OH is 3. The Bertz CT molecular complexity index is 235. The fraction of sp³-hybridized carbons (Fsp3) is 0.750. The maximum Gasteiger partial charge on any atom is 0.0654 e. The average Bonchev–Trinajstić information content (AvgIpc) is 2.42. The Morgan fingerprint density at radius 2 is 1.20 bits per heavy atom. The Labute approximate surface area is 123 Å². The zero-order valence-electron chi connectivity index (χ0n) is 13.6. The summed E-state index contributed by atoms with van der Waals surface area (Å²) in [6.45, 7) is 11.1. The highest BCUT2D eigenvalue weighted by molar-refractivity contribution is 4.95. The molecule has 4 heteroatoms. The maximum atomic E-state index is 8.66. The summed E-state index contributed by atoms with van der Waals surface area (Å²) in [5.74, 6) is 0. The van der Waals surface area contributed by atoms with Gasteiger partial charge in [0, 0.05) is 5.41 Å². The van der Waals surface area contributed by atoms with Crippen molar-refractivity contribution >= 4 is 0 Å². The lowest BCUT2D eigenvalue weighted by molar-refractivity contribution is 0.00304. The minimum Gasteiger partial charge on any atom is -0.396 e. The highest BCUT2D eigenvalue weighted by atomic mass is 16.5. The summed E-state index contributed by atoms with van der Waals surface area (Å²) in [4.78, 5) is 0. The van der Waals surface area contributed by atoms with Crippen LogP contribution in [0.15, 0.2) is 23.3 Å².